The molecule has 1 aliphatic rings. The van der Waals surface area contributed by atoms with Gasteiger partial charge in [0.05, 0.1) is 18.4 Å². The smallest absolute Gasteiger partial charge is 0.188 e. The first-order valence-corrected chi connectivity index (χ1v) is 9.83. The van der Waals surface area contributed by atoms with Crippen LogP contribution in [-0.4, -0.2) is 31.8 Å². The lowest BCUT2D eigenvalue weighted by atomic mass is 10.2. The predicted octanol–water partition coefficient (Wildman–Crippen LogP) is 5.05. The summed E-state index contributed by atoms with van der Waals surface area (Å²) in [5.41, 5.74) is 2.96. The molecule has 0 saturated carbocycles. The summed E-state index contributed by atoms with van der Waals surface area (Å²) in [6, 6.07) is 12.2. The van der Waals surface area contributed by atoms with Crippen molar-refractivity contribution in [3.63, 3.8) is 0 Å². The summed E-state index contributed by atoms with van der Waals surface area (Å²) >= 11 is 1.61. The van der Waals surface area contributed by atoms with Gasteiger partial charge in [-0.25, -0.2) is 4.98 Å². The number of nitrogens with zero attached hydrogens (tertiary/aromatic N) is 2. The highest BCUT2D eigenvalue weighted by molar-refractivity contribution is 7.22. The number of nitrogens with one attached hydrogen (secondary N) is 1. The van der Waals surface area contributed by atoms with E-state index in [4.69, 9.17) is 14.5 Å². The van der Waals surface area contributed by atoms with Crippen molar-refractivity contribution in [2.24, 2.45) is 0 Å². The Morgan fingerprint density at radius 2 is 1.96 bits per heavy atom. The molecule has 26 heavy (non-hydrogen) atoms. The zero-order valence-electron chi connectivity index (χ0n) is 15.1. The van der Waals surface area contributed by atoms with Gasteiger partial charge in [0.1, 0.15) is 17.0 Å². The van der Waals surface area contributed by atoms with E-state index in [0.717, 1.165) is 51.3 Å². The van der Waals surface area contributed by atoms with Crippen molar-refractivity contribution in [2.75, 3.05) is 37.0 Å². The Balaban J connectivity index is 1.81. The van der Waals surface area contributed by atoms with Gasteiger partial charge < -0.3 is 19.7 Å². The molecule has 0 unspecified atom stereocenters. The van der Waals surface area contributed by atoms with Gasteiger partial charge in [0.2, 0.25) is 0 Å². The van der Waals surface area contributed by atoms with Crippen LogP contribution in [0.4, 0.5) is 16.5 Å². The molecule has 1 saturated heterocycles. The van der Waals surface area contributed by atoms with Crippen LogP contribution < -0.4 is 19.7 Å². The Morgan fingerprint density at radius 3 is 2.65 bits per heavy atom. The Bertz CT molecular complexity index is 889. The average Bonchev–Trinajstić information content (AvgIpc) is 3.32. The lowest BCUT2D eigenvalue weighted by Gasteiger charge is -2.23. The Morgan fingerprint density at radius 1 is 1.19 bits per heavy atom. The van der Waals surface area contributed by atoms with Crippen LogP contribution in [0.2, 0.25) is 0 Å². The molecule has 1 aromatic heterocycles. The lowest BCUT2D eigenvalue weighted by molar-refractivity contribution is 0.340. The molecule has 5 nitrogen and oxygen atoms in total. The number of benzene rings is 2. The summed E-state index contributed by atoms with van der Waals surface area (Å²) in [4.78, 5) is 7.19. The molecular formula is C20H23N3O2S. The van der Waals surface area contributed by atoms with Gasteiger partial charge in [0.25, 0.3) is 0 Å². The van der Waals surface area contributed by atoms with Crippen LogP contribution in [0.15, 0.2) is 36.4 Å². The largest absolute Gasteiger partial charge is 0.494 e. The summed E-state index contributed by atoms with van der Waals surface area (Å²) in [6.07, 6.45) is 2.40. The van der Waals surface area contributed by atoms with Crippen molar-refractivity contribution in [3.05, 3.63) is 36.4 Å². The summed E-state index contributed by atoms with van der Waals surface area (Å²) in [6.45, 7) is 4.67. The first-order valence-electron chi connectivity index (χ1n) is 9.01. The van der Waals surface area contributed by atoms with Crippen molar-refractivity contribution >= 4 is 38.1 Å². The molecule has 0 atom stereocenters. The molecule has 1 fully saturated rings. The molecule has 0 spiro atoms. The van der Waals surface area contributed by atoms with E-state index in [9.17, 15) is 0 Å². The molecule has 0 amide bonds. The first-order chi connectivity index (χ1) is 12.8. The predicted molar refractivity (Wildman–Crippen MR) is 109 cm³/mol. The van der Waals surface area contributed by atoms with Crippen molar-refractivity contribution < 1.29 is 9.47 Å². The van der Waals surface area contributed by atoms with Crippen LogP contribution in [0.25, 0.3) is 10.2 Å². The van der Waals surface area contributed by atoms with E-state index in [1.807, 2.05) is 37.3 Å². The molecule has 0 bridgehead atoms. The highest BCUT2D eigenvalue weighted by Crippen LogP contribution is 2.47. The van der Waals surface area contributed by atoms with Gasteiger partial charge in [0, 0.05) is 24.8 Å². The van der Waals surface area contributed by atoms with Gasteiger partial charge in [-0.2, -0.15) is 0 Å². The summed E-state index contributed by atoms with van der Waals surface area (Å²) in [5.74, 6) is 1.69. The molecule has 0 aliphatic carbocycles. The van der Waals surface area contributed by atoms with E-state index in [0.29, 0.717) is 6.61 Å². The van der Waals surface area contributed by atoms with Gasteiger partial charge >= 0.3 is 0 Å². The van der Waals surface area contributed by atoms with Gasteiger partial charge in [-0.1, -0.05) is 29.5 Å². The van der Waals surface area contributed by atoms with E-state index in [1.165, 1.54) is 12.8 Å². The number of thiazole rings is 1. The molecule has 2 aromatic carbocycles. The summed E-state index contributed by atoms with van der Waals surface area (Å²) in [5, 5.41) is 4.24. The second-order valence-electron chi connectivity index (χ2n) is 6.24. The van der Waals surface area contributed by atoms with Crippen molar-refractivity contribution in [1.29, 1.82) is 0 Å². The number of para-hydroxylation sites is 1. The normalized spacial score (nSPS) is 14.0. The molecule has 6 heteroatoms. The van der Waals surface area contributed by atoms with E-state index >= 15 is 0 Å². The lowest BCUT2D eigenvalue weighted by Crippen LogP contribution is -2.19. The second-order valence-corrected chi connectivity index (χ2v) is 7.27. The van der Waals surface area contributed by atoms with Crippen molar-refractivity contribution in [2.45, 2.75) is 19.8 Å². The number of methoxy groups -OCH3 is 1. The van der Waals surface area contributed by atoms with E-state index in [2.05, 4.69) is 16.3 Å². The van der Waals surface area contributed by atoms with Crippen LogP contribution in [0.5, 0.6) is 11.5 Å². The summed E-state index contributed by atoms with van der Waals surface area (Å²) in [7, 11) is 1.72. The molecule has 2 heterocycles. The third kappa shape index (κ3) is 3.17. The minimum absolute atomic E-state index is 0.599. The Hall–Kier alpha value is -2.47. The van der Waals surface area contributed by atoms with Crippen molar-refractivity contribution in [1.82, 2.24) is 4.98 Å². The first kappa shape index (κ1) is 17.0. The number of hydrogen-bond donors (Lipinski definition) is 1. The molecule has 0 radical (unpaired) electrons. The quantitative estimate of drug-likeness (QED) is 0.659. The zero-order chi connectivity index (χ0) is 17.9. The van der Waals surface area contributed by atoms with E-state index in [1.54, 1.807) is 18.4 Å². The maximum atomic E-state index is 6.06. The van der Waals surface area contributed by atoms with Crippen LogP contribution in [-0.2, 0) is 0 Å². The Kier molecular flexibility index (Phi) is 4.84. The van der Waals surface area contributed by atoms with E-state index in [-0.39, 0.29) is 0 Å². The van der Waals surface area contributed by atoms with E-state index < -0.39 is 0 Å². The summed E-state index contributed by atoms with van der Waals surface area (Å²) < 4.78 is 12.8. The molecule has 1 N–H and O–H groups in total. The Labute approximate surface area is 157 Å². The number of anilines is 3. The minimum atomic E-state index is 0.599. The average molecular weight is 369 g/mol. The maximum absolute atomic E-state index is 6.06. The third-order valence-corrected chi connectivity index (χ3v) is 5.45. The van der Waals surface area contributed by atoms with Crippen LogP contribution in [0.3, 0.4) is 0 Å². The fourth-order valence-electron chi connectivity index (χ4n) is 3.38. The number of fused-ring (bicyclic) bond motifs is 1. The topological polar surface area (TPSA) is 46.6 Å². The van der Waals surface area contributed by atoms with Gasteiger partial charge in [-0.15, -0.1) is 0 Å². The monoisotopic (exact) mass is 369 g/mol. The number of aromatic nitrogens is 1. The highest BCUT2D eigenvalue weighted by atomic mass is 32.1. The van der Waals surface area contributed by atoms with Crippen LogP contribution >= 0.6 is 11.3 Å². The molecule has 3 aromatic rings. The highest BCUT2D eigenvalue weighted by Gasteiger charge is 2.25. The third-order valence-electron chi connectivity index (χ3n) is 4.54. The number of hydrogen-bond acceptors (Lipinski definition) is 6. The van der Waals surface area contributed by atoms with Gasteiger partial charge in [-0.3, -0.25) is 0 Å². The SMILES string of the molecule is CCOc1c(N2CCCC2)c(OC)cc2sc(Nc3ccccc3)nc12. The molecule has 1 aliphatic heterocycles. The van der Waals surface area contributed by atoms with Gasteiger partial charge in [0.15, 0.2) is 10.9 Å². The van der Waals surface area contributed by atoms with Crippen molar-refractivity contribution in [3.8, 4) is 11.5 Å². The van der Waals surface area contributed by atoms with Gasteiger partial charge in [-0.05, 0) is 31.9 Å². The van der Waals surface area contributed by atoms with Crippen LogP contribution in [0, 0.1) is 0 Å². The molecular weight excluding hydrogens is 346 g/mol. The molecule has 4 rings (SSSR count). The minimum Gasteiger partial charge on any atom is -0.494 e. The fraction of sp³-hybridized carbons (Fsp3) is 0.350. The number of rotatable bonds is 6. The fourth-order valence-corrected chi connectivity index (χ4v) is 4.29. The van der Waals surface area contributed by atoms with Crippen LogP contribution in [0.1, 0.15) is 19.8 Å². The second kappa shape index (κ2) is 7.41. The maximum Gasteiger partial charge on any atom is 0.188 e. The number of ether oxygens (including phenoxy) is 2. The standard InChI is InChI=1S/C20H23N3O2S/c1-3-25-19-17-16(13-15(24-2)18(19)23-11-7-8-12-23)26-20(22-17)21-14-9-5-4-6-10-14/h4-6,9-10,13H,3,7-8,11-12H2,1-2H3,(H,21,22). The molecule has 136 valence electrons. The zero-order valence-corrected chi connectivity index (χ0v) is 15.9.